The van der Waals surface area contributed by atoms with Crippen molar-refractivity contribution in [3.8, 4) is 108 Å². The van der Waals surface area contributed by atoms with Crippen molar-refractivity contribution in [2.24, 2.45) is 0 Å². The van der Waals surface area contributed by atoms with E-state index in [9.17, 15) is 0 Å². The van der Waals surface area contributed by atoms with Crippen LogP contribution in [0.1, 0.15) is 25.0 Å². The van der Waals surface area contributed by atoms with Crippen LogP contribution in [0, 0.1) is 0 Å². The van der Waals surface area contributed by atoms with Crippen LogP contribution in [-0.2, 0) is 5.41 Å². The van der Waals surface area contributed by atoms with E-state index in [4.69, 9.17) is 49.3 Å². The topological polar surface area (TPSA) is 144 Å². The molecule has 129 heavy (non-hydrogen) atoms. The number of hydrogen-bond donors (Lipinski definition) is 0. The van der Waals surface area contributed by atoms with Crippen LogP contribution in [0.3, 0.4) is 0 Å². The second kappa shape index (κ2) is 30.4. The van der Waals surface area contributed by atoms with Gasteiger partial charge in [-0.25, -0.2) is 15.0 Å². The standard InChI is InChI=1S/C42H28N4S.C39H24N4S.C33H20N4O/c1-42(2)33-17-9-6-14-27(33)28-21-20-26(22-34(28)42)40-43-39(25-12-4-3-5-13-25)44-41(45-40)46-35-18-10-7-15-29(35)31-23-32-30-16-8-11-19-37(30)47-38(32)24-36(31)46;1-3-11-25(12-4-1)26-19-21-28(22-20-26)38-40-37(27-13-5-2-6-14-27)41-39(42-38)43-33-17-9-7-15-29(33)31-23-32-30-16-8-10-18-35(30)44-36(32)24-34(31)43;1-3-11-21(12-4-1)31-34-32(22-13-5-2-6-14-22)36-33(35-31)37-27-17-9-7-15-23(27)25-19-26-24-16-8-10-18-29(24)38-30(26)20-28(25)37/h3-24H,1-2H3;1-24H;1-20H. The van der Waals surface area contributed by atoms with E-state index in [1.807, 2.05) is 156 Å². The fourth-order valence-electron chi connectivity index (χ4n) is 19.0. The highest BCUT2D eigenvalue weighted by Crippen LogP contribution is 2.51. The molecule has 0 saturated heterocycles. The molecule has 26 aromatic rings. The lowest BCUT2D eigenvalue weighted by Gasteiger charge is -2.21. The summed E-state index contributed by atoms with van der Waals surface area (Å²) in [6, 6.07) is 139. The van der Waals surface area contributed by atoms with Crippen LogP contribution in [-0.4, -0.2) is 58.6 Å². The van der Waals surface area contributed by atoms with Gasteiger partial charge in [0.1, 0.15) is 11.2 Å². The van der Waals surface area contributed by atoms with Gasteiger partial charge in [0.05, 0.1) is 33.1 Å². The summed E-state index contributed by atoms with van der Waals surface area (Å²) in [6.07, 6.45) is 0. The third kappa shape index (κ3) is 12.8. The average Bonchev–Trinajstić information content (AvgIpc) is 1.58. The van der Waals surface area contributed by atoms with Crippen LogP contribution in [0.4, 0.5) is 0 Å². The van der Waals surface area contributed by atoms with Crippen LogP contribution in [0.15, 0.2) is 405 Å². The molecule has 0 fully saturated rings. The highest BCUT2D eigenvalue weighted by atomic mass is 32.1. The van der Waals surface area contributed by atoms with Gasteiger partial charge in [-0.1, -0.05) is 335 Å². The van der Waals surface area contributed by atoms with Crippen LogP contribution in [0.5, 0.6) is 0 Å². The molecule has 0 bridgehead atoms. The Balaban J connectivity index is 0.000000105. The average molecular weight is 1690 g/mol. The highest BCUT2D eigenvalue weighted by Gasteiger charge is 2.36. The lowest BCUT2D eigenvalue weighted by atomic mass is 9.82. The molecule has 9 aromatic heterocycles. The first-order valence-corrected chi connectivity index (χ1v) is 44.8. The molecular weight excluding hydrogens is 1620 g/mol. The Bertz CT molecular complexity index is 8910. The molecular formula is C114H72N12OS2. The SMILES string of the molecule is CC1(C)c2ccccc2-c2ccc(-c3nc(-c4ccccc4)nc(-n4c5ccccc5c5cc6c(cc54)sc4ccccc46)n3)cc21.c1ccc(-c2ccc(-c3nc(-c4ccccc4)nc(-n4c5ccccc5c5cc6c(cc54)sc4ccccc46)n3)cc2)cc1.c1ccc(-c2nc(-c3ccccc3)nc(-n3c4ccccc4c4cc5c(cc43)oc3ccccc35)n2)cc1. The summed E-state index contributed by atoms with van der Waals surface area (Å²) in [4.78, 5) is 45.7. The molecule has 0 N–H and O–H groups in total. The Kier molecular flexibility index (Phi) is 17.7. The maximum Gasteiger partial charge on any atom is 0.238 e. The summed E-state index contributed by atoms with van der Waals surface area (Å²) in [5.41, 5.74) is 21.2. The summed E-state index contributed by atoms with van der Waals surface area (Å²) < 4.78 is 17.9. The van der Waals surface area contributed by atoms with Gasteiger partial charge in [0.25, 0.3) is 0 Å². The van der Waals surface area contributed by atoms with Crippen molar-refractivity contribution in [2.45, 2.75) is 19.3 Å². The van der Waals surface area contributed by atoms with Crippen molar-refractivity contribution >= 4 is 150 Å². The fourth-order valence-corrected chi connectivity index (χ4v) is 21.3. The summed E-state index contributed by atoms with van der Waals surface area (Å²) >= 11 is 3.65. The van der Waals surface area contributed by atoms with Gasteiger partial charge in [0, 0.05) is 128 Å². The summed E-state index contributed by atoms with van der Waals surface area (Å²) in [6.45, 7) is 4.62. The number of fused-ring (bicyclic) bond motifs is 21. The van der Waals surface area contributed by atoms with Crippen LogP contribution in [0.25, 0.3) is 236 Å². The minimum atomic E-state index is -0.123. The number of nitrogens with zero attached hydrogens (tertiary/aromatic N) is 12. The summed E-state index contributed by atoms with van der Waals surface area (Å²) in [5, 5.41) is 14.4. The Hall–Kier alpha value is -16.6. The van der Waals surface area contributed by atoms with Crippen molar-refractivity contribution in [3.63, 3.8) is 0 Å². The predicted molar refractivity (Wildman–Crippen MR) is 531 cm³/mol. The molecule has 27 rings (SSSR count). The lowest BCUT2D eigenvalue weighted by Crippen LogP contribution is -2.15. The number of aromatic nitrogens is 12. The normalized spacial score (nSPS) is 12.3. The zero-order chi connectivity index (χ0) is 85.4. The molecule has 17 aromatic carbocycles. The maximum absolute atomic E-state index is 6.27. The maximum atomic E-state index is 6.27. The van der Waals surface area contributed by atoms with E-state index in [1.54, 1.807) is 0 Å². The van der Waals surface area contributed by atoms with Crippen molar-refractivity contribution < 1.29 is 4.42 Å². The first-order chi connectivity index (χ1) is 63.7. The second-order valence-corrected chi connectivity index (χ2v) is 35.3. The number of benzene rings is 17. The van der Waals surface area contributed by atoms with E-state index in [2.05, 4.69) is 294 Å². The van der Waals surface area contributed by atoms with Crippen LogP contribution in [0.2, 0.25) is 0 Å². The third-order valence-electron chi connectivity index (χ3n) is 25.2. The van der Waals surface area contributed by atoms with E-state index in [0.29, 0.717) is 52.8 Å². The van der Waals surface area contributed by atoms with Gasteiger partial charge in [-0.05, 0) is 106 Å². The van der Waals surface area contributed by atoms with Gasteiger partial charge < -0.3 is 4.42 Å². The van der Waals surface area contributed by atoms with E-state index >= 15 is 0 Å². The van der Waals surface area contributed by atoms with Gasteiger partial charge in [-0.3, -0.25) is 13.7 Å². The van der Waals surface area contributed by atoms with Crippen molar-refractivity contribution in [1.82, 2.24) is 58.6 Å². The van der Waals surface area contributed by atoms with Crippen molar-refractivity contribution in [1.29, 1.82) is 0 Å². The molecule has 0 aliphatic heterocycles. The molecule has 1 aliphatic carbocycles. The number of thiophene rings is 2. The fraction of sp³-hybridized carbons (Fsp3) is 0.0263. The molecule has 0 amide bonds. The second-order valence-electron chi connectivity index (χ2n) is 33.1. The Labute approximate surface area is 747 Å². The number of hydrogen-bond acceptors (Lipinski definition) is 12. The molecule has 0 radical (unpaired) electrons. The predicted octanol–water partition coefficient (Wildman–Crippen LogP) is 29.5. The Morgan fingerprint density at radius 1 is 0.202 bits per heavy atom. The number of rotatable bonds is 10. The summed E-state index contributed by atoms with van der Waals surface area (Å²) in [7, 11) is 0. The van der Waals surface area contributed by atoms with Gasteiger partial charge >= 0.3 is 0 Å². The lowest BCUT2D eigenvalue weighted by molar-refractivity contribution is 0.660. The number of furan rings is 1. The molecule has 0 atom stereocenters. The first kappa shape index (κ1) is 75.0. The number of para-hydroxylation sites is 4. The van der Waals surface area contributed by atoms with Crippen LogP contribution < -0.4 is 0 Å². The molecule has 15 heteroatoms. The van der Waals surface area contributed by atoms with Gasteiger partial charge in [-0.15, -0.1) is 22.7 Å². The van der Waals surface area contributed by atoms with Crippen molar-refractivity contribution in [2.75, 3.05) is 0 Å². The van der Waals surface area contributed by atoms with Gasteiger partial charge in [0.15, 0.2) is 34.9 Å². The summed E-state index contributed by atoms with van der Waals surface area (Å²) in [5.74, 6) is 5.65. The largest absolute Gasteiger partial charge is 0.456 e. The molecule has 9 heterocycles. The van der Waals surface area contributed by atoms with E-state index < -0.39 is 0 Å². The molecule has 13 nitrogen and oxygen atoms in total. The minimum Gasteiger partial charge on any atom is -0.456 e. The zero-order valence-corrected chi connectivity index (χ0v) is 71.3. The molecule has 0 unspecified atom stereocenters. The quantitative estimate of drug-likeness (QED) is 0.130. The minimum absolute atomic E-state index is 0.123. The Morgan fingerprint density at radius 2 is 0.519 bits per heavy atom. The van der Waals surface area contributed by atoms with Crippen molar-refractivity contribution in [3.05, 3.63) is 412 Å². The van der Waals surface area contributed by atoms with Gasteiger partial charge in [0.2, 0.25) is 17.8 Å². The first-order valence-electron chi connectivity index (χ1n) is 43.1. The smallest absolute Gasteiger partial charge is 0.238 e. The molecule has 606 valence electrons. The highest BCUT2D eigenvalue weighted by molar-refractivity contribution is 7.26. The van der Waals surface area contributed by atoms with E-state index in [-0.39, 0.29) is 5.41 Å². The molecule has 0 saturated carbocycles. The molecule has 1 aliphatic rings. The molecule has 0 spiro atoms. The zero-order valence-electron chi connectivity index (χ0n) is 69.7. The van der Waals surface area contributed by atoms with Gasteiger partial charge in [-0.2, -0.15) is 29.9 Å². The van der Waals surface area contributed by atoms with E-state index in [0.717, 1.165) is 105 Å². The third-order valence-corrected chi connectivity index (χ3v) is 27.5. The van der Waals surface area contributed by atoms with E-state index in [1.165, 1.54) is 89.7 Å². The monoisotopic (exact) mass is 1690 g/mol. The van der Waals surface area contributed by atoms with Crippen LogP contribution >= 0.6 is 22.7 Å². The Morgan fingerprint density at radius 3 is 0.969 bits per heavy atom.